The van der Waals surface area contributed by atoms with Crippen LogP contribution in [0.2, 0.25) is 0 Å². The van der Waals surface area contributed by atoms with Gasteiger partial charge >= 0.3 is 5.97 Å². The van der Waals surface area contributed by atoms with Crippen molar-refractivity contribution in [3.05, 3.63) is 0 Å². The summed E-state index contributed by atoms with van der Waals surface area (Å²) in [6.07, 6.45) is 4.13. The van der Waals surface area contributed by atoms with Gasteiger partial charge in [-0.1, -0.05) is 19.3 Å². The molecule has 0 saturated heterocycles. The van der Waals surface area contributed by atoms with Crippen molar-refractivity contribution < 1.29 is 14.7 Å². The second kappa shape index (κ2) is 5.30. The summed E-state index contributed by atoms with van der Waals surface area (Å²) in [5.41, 5.74) is -0.885. The Balaban J connectivity index is 2.58. The highest BCUT2D eigenvalue weighted by molar-refractivity contribution is 5.82. The zero-order valence-corrected chi connectivity index (χ0v) is 9.95. The van der Waals surface area contributed by atoms with Gasteiger partial charge in [0, 0.05) is 14.1 Å². The number of hydrogen-bond acceptors (Lipinski definition) is 3. The molecule has 0 atom stereocenters. The Morgan fingerprint density at radius 3 is 2.25 bits per heavy atom. The van der Waals surface area contributed by atoms with Crippen molar-refractivity contribution in [2.75, 3.05) is 20.6 Å². The second-order valence-corrected chi connectivity index (χ2v) is 4.59. The summed E-state index contributed by atoms with van der Waals surface area (Å²) in [5, 5.41) is 12.2. The van der Waals surface area contributed by atoms with Gasteiger partial charge in [0.15, 0.2) is 0 Å². The predicted octanol–water partition coefficient (Wildman–Crippen LogP) is 0.452. The van der Waals surface area contributed by atoms with Crippen molar-refractivity contribution in [3.63, 3.8) is 0 Å². The summed E-state index contributed by atoms with van der Waals surface area (Å²) in [6.45, 7) is 0.0965. The Morgan fingerprint density at radius 1 is 1.25 bits per heavy atom. The molecule has 0 heterocycles. The van der Waals surface area contributed by atoms with E-state index in [-0.39, 0.29) is 12.5 Å². The fourth-order valence-corrected chi connectivity index (χ4v) is 2.02. The number of nitrogens with one attached hydrogen (secondary N) is 1. The molecule has 1 aliphatic carbocycles. The molecule has 5 heteroatoms. The van der Waals surface area contributed by atoms with Crippen LogP contribution >= 0.6 is 0 Å². The van der Waals surface area contributed by atoms with Crippen molar-refractivity contribution >= 4 is 11.9 Å². The average Bonchev–Trinajstić information content (AvgIpc) is 2.26. The molecule has 1 aliphatic rings. The maximum atomic E-state index is 11.4. The molecule has 16 heavy (non-hydrogen) atoms. The molecule has 0 radical (unpaired) electrons. The molecule has 0 unspecified atom stereocenters. The second-order valence-electron chi connectivity index (χ2n) is 4.59. The lowest BCUT2D eigenvalue weighted by atomic mass is 9.81. The summed E-state index contributed by atoms with van der Waals surface area (Å²) >= 11 is 0. The van der Waals surface area contributed by atoms with E-state index in [1.165, 1.54) is 4.90 Å². The molecule has 1 saturated carbocycles. The molecule has 92 valence electrons. The predicted molar refractivity (Wildman–Crippen MR) is 60.1 cm³/mol. The van der Waals surface area contributed by atoms with Crippen LogP contribution in [0.5, 0.6) is 0 Å². The molecule has 0 aliphatic heterocycles. The number of hydrogen-bond donors (Lipinski definition) is 2. The van der Waals surface area contributed by atoms with Crippen LogP contribution in [0.3, 0.4) is 0 Å². The van der Waals surface area contributed by atoms with Crippen molar-refractivity contribution in [2.45, 2.75) is 37.6 Å². The summed E-state index contributed by atoms with van der Waals surface area (Å²) in [5.74, 6) is -0.926. The molecule has 0 aromatic heterocycles. The minimum absolute atomic E-state index is 0.0915. The van der Waals surface area contributed by atoms with Gasteiger partial charge in [-0.05, 0) is 12.8 Å². The highest BCUT2D eigenvalue weighted by atomic mass is 16.4. The molecular formula is C11H20N2O3. The molecular weight excluding hydrogens is 208 g/mol. The molecule has 1 fully saturated rings. The highest BCUT2D eigenvalue weighted by Crippen LogP contribution is 2.28. The normalized spacial score (nSPS) is 19.1. The molecule has 1 amide bonds. The minimum Gasteiger partial charge on any atom is -0.480 e. The van der Waals surface area contributed by atoms with Crippen LogP contribution in [0.25, 0.3) is 0 Å². The van der Waals surface area contributed by atoms with Crippen molar-refractivity contribution in [1.29, 1.82) is 0 Å². The van der Waals surface area contributed by atoms with E-state index < -0.39 is 11.5 Å². The third-order valence-electron chi connectivity index (χ3n) is 3.19. The van der Waals surface area contributed by atoms with Crippen LogP contribution in [0.15, 0.2) is 0 Å². The maximum absolute atomic E-state index is 11.4. The Labute approximate surface area is 95.8 Å². The zero-order valence-electron chi connectivity index (χ0n) is 9.95. The van der Waals surface area contributed by atoms with Gasteiger partial charge < -0.3 is 10.0 Å². The number of carbonyl (C=O) groups excluding carboxylic acids is 1. The maximum Gasteiger partial charge on any atom is 0.323 e. The van der Waals surface area contributed by atoms with Gasteiger partial charge in [-0.3, -0.25) is 14.9 Å². The molecule has 2 N–H and O–H groups in total. The van der Waals surface area contributed by atoms with Crippen LogP contribution in [-0.2, 0) is 9.59 Å². The molecule has 0 aromatic rings. The van der Waals surface area contributed by atoms with E-state index in [0.717, 1.165) is 19.3 Å². The first-order valence-electron chi connectivity index (χ1n) is 5.66. The van der Waals surface area contributed by atoms with E-state index >= 15 is 0 Å². The smallest absolute Gasteiger partial charge is 0.323 e. The van der Waals surface area contributed by atoms with Gasteiger partial charge in [-0.2, -0.15) is 0 Å². The number of rotatable bonds is 4. The summed E-state index contributed by atoms with van der Waals surface area (Å²) < 4.78 is 0. The molecule has 0 spiro atoms. The van der Waals surface area contributed by atoms with Crippen LogP contribution in [-0.4, -0.2) is 48.1 Å². The lowest BCUT2D eigenvalue weighted by Crippen LogP contribution is -2.55. The number of amides is 1. The van der Waals surface area contributed by atoms with E-state index in [4.69, 9.17) is 0 Å². The Kier molecular flexibility index (Phi) is 4.29. The van der Waals surface area contributed by atoms with Gasteiger partial charge in [0.05, 0.1) is 6.54 Å². The number of aliphatic carboxylic acids is 1. The number of carboxylic acid groups (broad SMARTS) is 1. The van der Waals surface area contributed by atoms with Gasteiger partial charge in [-0.25, -0.2) is 0 Å². The third kappa shape index (κ3) is 2.95. The quantitative estimate of drug-likeness (QED) is 0.733. The Bertz CT molecular complexity index is 270. The lowest BCUT2D eigenvalue weighted by molar-refractivity contribution is -0.146. The van der Waals surface area contributed by atoms with Crippen LogP contribution < -0.4 is 5.32 Å². The Hall–Kier alpha value is -1.10. The fourth-order valence-electron chi connectivity index (χ4n) is 2.02. The number of likely N-dealkylation sites (N-methyl/N-ethyl adjacent to an activating group) is 1. The van der Waals surface area contributed by atoms with Crippen molar-refractivity contribution in [3.8, 4) is 0 Å². The van der Waals surface area contributed by atoms with E-state index in [0.29, 0.717) is 12.8 Å². The van der Waals surface area contributed by atoms with E-state index in [1.807, 2.05) is 0 Å². The topological polar surface area (TPSA) is 69.6 Å². The monoisotopic (exact) mass is 228 g/mol. The SMILES string of the molecule is CN(C)C(=O)CNC1(C(=O)O)CCCCC1. The van der Waals surface area contributed by atoms with Crippen LogP contribution in [0.4, 0.5) is 0 Å². The van der Waals surface area contributed by atoms with Gasteiger partial charge in [0.25, 0.3) is 0 Å². The van der Waals surface area contributed by atoms with Gasteiger partial charge in [-0.15, -0.1) is 0 Å². The largest absolute Gasteiger partial charge is 0.480 e. The zero-order chi connectivity index (χ0) is 12.2. The fraction of sp³-hybridized carbons (Fsp3) is 0.818. The summed E-state index contributed by atoms with van der Waals surface area (Å²) in [6, 6.07) is 0. The first-order chi connectivity index (χ1) is 7.48. The van der Waals surface area contributed by atoms with E-state index in [1.54, 1.807) is 14.1 Å². The lowest BCUT2D eigenvalue weighted by Gasteiger charge is -2.34. The van der Waals surface area contributed by atoms with Gasteiger partial charge in [0.1, 0.15) is 5.54 Å². The number of carbonyl (C=O) groups is 2. The minimum atomic E-state index is -0.885. The van der Waals surface area contributed by atoms with Crippen LogP contribution in [0.1, 0.15) is 32.1 Å². The molecule has 0 aromatic carbocycles. The molecule has 0 bridgehead atoms. The number of carboxylic acids is 1. The van der Waals surface area contributed by atoms with Gasteiger partial charge in [0.2, 0.25) is 5.91 Å². The average molecular weight is 228 g/mol. The van der Waals surface area contributed by atoms with E-state index in [9.17, 15) is 14.7 Å². The molecule has 1 rings (SSSR count). The Morgan fingerprint density at radius 2 is 1.81 bits per heavy atom. The molecule has 5 nitrogen and oxygen atoms in total. The summed E-state index contributed by atoms with van der Waals surface area (Å²) in [4.78, 5) is 24.2. The standard InChI is InChI=1S/C11H20N2O3/c1-13(2)9(14)8-12-11(10(15)16)6-4-3-5-7-11/h12H,3-8H2,1-2H3,(H,15,16). The third-order valence-corrected chi connectivity index (χ3v) is 3.19. The van der Waals surface area contributed by atoms with Crippen molar-refractivity contribution in [2.24, 2.45) is 0 Å². The van der Waals surface area contributed by atoms with Crippen molar-refractivity contribution in [1.82, 2.24) is 10.2 Å². The first-order valence-corrected chi connectivity index (χ1v) is 5.66. The van der Waals surface area contributed by atoms with E-state index in [2.05, 4.69) is 5.32 Å². The summed E-state index contributed by atoms with van der Waals surface area (Å²) in [7, 11) is 3.33. The number of nitrogens with zero attached hydrogens (tertiary/aromatic N) is 1. The highest BCUT2D eigenvalue weighted by Gasteiger charge is 2.39. The first kappa shape index (κ1) is 13.0. The van der Waals surface area contributed by atoms with Crippen LogP contribution in [0, 0.1) is 0 Å².